The standard InChI is InChI=1S/C14H19FN2O/c15-13-4-2-1-3-11(13)9-17-14(18)10-5-7-12(16)8-6-10/h1-4,10,12H,5-9,16H2,(H,17,18). The van der Waals surface area contributed by atoms with Crippen LogP contribution in [0.2, 0.25) is 0 Å². The van der Waals surface area contributed by atoms with Crippen LogP contribution in [-0.2, 0) is 11.3 Å². The first-order chi connectivity index (χ1) is 8.66. The molecule has 1 amide bonds. The van der Waals surface area contributed by atoms with Gasteiger partial charge in [-0.25, -0.2) is 4.39 Å². The lowest BCUT2D eigenvalue weighted by Gasteiger charge is -2.25. The van der Waals surface area contributed by atoms with Crippen LogP contribution in [0.25, 0.3) is 0 Å². The lowest BCUT2D eigenvalue weighted by Crippen LogP contribution is -2.36. The summed E-state index contributed by atoms with van der Waals surface area (Å²) in [7, 11) is 0. The lowest BCUT2D eigenvalue weighted by atomic mass is 9.86. The highest BCUT2D eigenvalue weighted by Crippen LogP contribution is 2.23. The van der Waals surface area contributed by atoms with Crippen LogP contribution in [-0.4, -0.2) is 11.9 Å². The predicted octanol–water partition coefficient (Wildman–Crippen LogP) is 1.96. The number of hydrogen-bond acceptors (Lipinski definition) is 2. The fourth-order valence-corrected chi connectivity index (χ4v) is 2.35. The smallest absolute Gasteiger partial charge is 0.223 e. The number of nitrogens with two attached hydrogens (primary N) is 1. The maximum absolute atomic E-state index is 13.4. The van der Waals surface area contributed by atoms with E-state index in [9.17, 15) is 9.18 Å². The molecule has 1 saturated carbocycles. The summed E-state index contributed by atoms with van der Waals surface area (Å²) in [5, 5.41) is 2.80. The number of hydrogen-bond donors (Lipinski definition) is 2. The van der Waals surface area contributed by atoms with E-state index in [0.717, 1.165) is 25.7 Å². The molecule has 0 radical (unpaired) electrons. The van der Waals surface area contributed by atoms with Gasteiger partial charge in [-0.1, -0.05) is 18.2 Å². The summed E-state index contributed by atoms with van der Waals surface area (Å²) in [6.07, 6.45) is 3.48. The molecular formula is C14H19FN2O. The molecule has 1 aliphatic carbocycles. The summed E-state index contributed by atoms with van der Waals surface area (Å²) in [6, 6.07) is 6.74. The fourth-order valence-electron chi connectivity index (χ4n) is 2.35. The van der Waals surface area contributed by atoms with Crippen LogP contribution in [0.1, 0.15) is 31.2 Å². The Morgan fingerprint density at radius 1 is 1.28 bits per heavy atom. The number of carbonyl (C=O) groups excluding carboxylic acids is 1. The van der Waals surface area contributed by atoms with Gasteiger partial charge in [0.2, 0.25) is 5.91 Å². The van der Waals surface area contributed by atoms with E-state index in [1.54, 1.807) is 18.2 Å². The summed E-state index contributed by atoms with van der Waals surface area (Å²) < 4.78 is 13.4. The molecule has 3 N–H and O–H groups in total. The summed E-state index contributed by atoms with van der Waals surface area (Å²) in [6.45, 7) is 0.258. The number of nitrogens with one attached hydrogen (secondary N) is 1. The van der Waals surface area contributed by atoms with Gasteiger partial charge in [0.05, 0.1) is 0 Å². The first-order valence-electron chi connectivity index (χ1n) is 6.43. The highest BCUT2D eigenvalue weighted by molar-refractivity contribution is 5.78. The second-order valence-corrected chi connectivity index (χ2v) is 4.92. The fraction of sp³-hybridized carbons (Fsp3) is 0.500. The molecule has 1 aliphatic rings. The topological polar surface area (TPSA) is 55.1 Å². The molecule has 1 aromatic rings. The van der Waals surface area contributed by atoms with E-state index in [-0.39, 0.29) is 30.2 Å². The predicted molar refractivity (Wildman–Crippen MR) is 68.2 cm³/mol. The zero-order chi connectivity index (χ0) is 13.0. The molecule has 1 aromatic carbocycles. The summed E-state index contributed by atoms with van der Waals surface area (Å²) in [5.41, 5.74) is 6.33. The number of halogens is 1. The van der Waals surface area contributed by atoms with Gasteiger partial charge in [-0.05, 0) is 31.7 Å². The third-order valence-electron chi connectivity index (χ3n) is 3.55. The SMILES string of the molecule is NC1CCC(C(=O)NCc2ccccc2F)CC1. The first-order valence-corrected chi connectivity index (χ1v) is 6.43. The summed E-state index contributed by atoms with van der Waals surface area (Å²) >= 11 is 0. The van der Waals surface area contributed by atoms with Gasteiger partial charge in [0.1, 0.15) is 5.82 Å². The molecular weight excluding hydrogens is 231 g/mol. The molecule has 1 fully saturated rings. The van der Waals surface area contributed by atoms with Crippen LogP contribution >= 0.6 is 0 Å². The average Bonchev–Trinajstić information content (AvgIpc) is 2.38. The second-order valence-electron chi connectivity index (χ2n) is 4.92. The number of rotatable bonds is 3. The number of benzene rings is 1. The molecule has 4 heteroatoms. The largest absolute Gasteiger partial charge is 0.352 e. The average molecular weight is 250 g/mol. The van der Waals surface area contributed by atoms with E-state index >= 15 is 0 Å². The Labute approximate surface area is 107 Å². The molecule has 0 spiro atoms. The first kappa shape index (κ1) is 13.0. The van der Waals surface area contributed by atoms with Crippen molar-refractivity contribution in [2.24, 2.45) is 11.7 Å². The Balaban J connectivity index is 1.83. The molecule has 0 saturated heterocycles. The quantitative estimate of drug-likeness (QED) is 0.861. The van der Waals surface area contributed by atoms with Crippen LogP contribution in [0, 0.1) is 11.7 Å². The van der Waals surface area contributed by atoms with Gasteiger partial charge in [0.25, 0.3) is 0 Å². The van der Waals surface area contributed by atoms with Crippen molar-refractivity contribution in [2.45, 2.75) is 38.3 Å². The Kier molecular flexibility index (Phi) is 4.31. The van der Waals surface area contributed by atoms with Crippen molar-refractivity contribution < 1.29 is 9.18 Å². The molecule has 0 heterocycles. The molecule has 0 aromatic heterocycles. The molecule has 0 bridgehead atoms. The zero-order valence-corrected chi connectivity index (χ0v) is 10.4. The highest BCUT2D eigenvalue weighted by atomic mass is 19.1. The van der Waals surface area contributed by atoms with Gasteiger partial charge >= 0.3 is 0 Å². The van der Waals surface area contributed by atoms with E-state index < -0.39 is 0 Å². The lowest BCUT2D eigenvalue weighted by molar-refractivity contribution is -0.126. The molecule has 18 heavy (non-hydrogen) atoms. The second kappa shape index (κ2) is 5.96. The molecule has 0 atom stereocenters. The summed E-state index contributed by atoms with van der Waals surface area (Å²) in [5.74, 6) is -0.217. The third kappa shape index (κ3) is 3.29. The summed E-state index contributed by atoms with van der Waals surface area (Å²) in [4.78, 5) is 11.9. The van der Waals surface area contributed by atoms with E-state index in [1.807, 2.05) is 0 Å². The maximum atomic E-state index is 13.4. The monoisotopic (exact) mass is 250 g/mol. The van der Waals surface area contributed by atoms with Crippen molar-refractivity contribution in [1.82, 2.24) is 5.32 Å². The van der Waals surface area contributed by atoms with Crippen molar-refractivity contribution in [1.29, 1.82) is 0 Å². The third-order valence-corrected chi connectivity index (χ3v) is 3.55. The van der Waals surface area contributed by atoms with Crippen molar-refractivity contribution in [3.8, 4) is 0 Å². The van der Waals surface area contributed by atoms with E-state index in [4.69, 9.17) is 5.73 Å². The van der Waals surface area contributed by atoms with E-state index in [2.05, 4.69) is 5.32 Å². The minimum absolute atomic E-state index is 0.0187. The van der Waals surface area contributed by atoms with Crippen LogP contribution in [0.15, 0.2) is 24.3 Å². The van der Waals surface area contributed by atoms with E-state index in [0.29, 0.717) is 5.56 Å². The molecule has 0 aliphatic heterocycles. The normalized spacial score (nSPS) is 23.7. The van der Waals surface area contributed by atoms with Crippen molar-refractivity contribution in [2.75, 3.05) is 0 Å². The highest BCUT2D eigenvalue weighted by Gasteiger charge is 2.24. The number of carbonyl (C=O) groups is 1. The van der Waals surface area contributed by atoms with Gasteiger partial charge in [0, 0.05) is 24.1 Å². The van der Waals surface area contributed by atoms with Crippen LogP contribution in [0.5, 0.6) is 0 Å². The van der Waals surface area contributed by atoms with Gasteiger partial charge in [-0.15, -0.1) is 0 Å². The number of amides is 1. The Hall–Kier alpha value is -1.42. The Morgan fingerprint density at radius 2 is 1.94 bits per heavy atom. The molecule has 2 rings (SSSR count). The van der Waals surface area contributed by atoms with Crippen molar-refractivity contribution in [3.63, 3.8) is 0 Å². The maximum Gasteiger partial charge on any atom is 0.223 e. The molecule has 3 nitrogen and oxygen atoms in total. The van der Waals surface area contributed by atoms with Crippen LogP contribution in [0.3, 0.4) is 0 Å². The van der Waals surface area contributed by atoms with Crippen molar-refractivity contribution >= 4 is 5.91 Å². The minimum atomic E-state index is -0.275. The van der Waals surface area contributed by atoms with Gasteiger partial charge in [-0.2, -0.15) is 0 Å². The van der Waals surface area contributed by atoms with Crippen molar-refractivity contribution in [3.05, 3.63) is 35.6 Å². The Morgan fingerprint density at radius 3 is 2.61 bits per heavy atom. The molecule has 98 valence electrons. The minimum Gasteiger partial charge on any atom is -0.352 e. The van der Waals surface area contributed by atoms with Gasteiger partial charge in [0.15, 0.2) is 0 Å². The van der Waals surface area contributed by atoms with Crippen LogP contribution < -0.4 is 11.1 Å². The Bertz CT molecular complexity index is 414. The van der Waals surface area contributed by atoms with Gasteiger partial charge in [-0.3, -0.25) is 4.79 Å². The van der Waals surface area contributed by atoms with Crippen LogP contribution in [0.4, 0.5) is 4.39 Å². The van der Waals surface area contributed by atoms with Gasteiger partial charge < -0.3 is 11.1 Å². The van der Waals surface area contributed by atoms with E-state index in [1.165, 1.54) is 6.07 Å². The molecule has 0 unspecified atom stereocenters. The zero-order valence-electron chi connectivity index (χ0n) is 10.4.